The zero-order chi connectivity index (χ0) is 42.0. The highest BCUT2D eigenvalue weighted by Gasteiger charge is 2.42. The van der Waals surface area contributed by atoms with Crippen molar-refractivity contribution in [3.63, 3.8) is 0 Å². The fourth-order valence-electron chi connectivity index (χ4n) is 9.15. The van der Waals surface area contributed by atoms with Crippen molar-refractivity contribution in [3.8, 4) is 33.4 Å². The predicted octanol–water partition coefficient (Wildman–Crippen LogP) is 17.3. The number of hydrogen-bond acceptors (Lipinski definition) is 2. The van der Waals surface area contributed by atoms with Crippen LogP contribution in [-0.2, 0) is 0 Å². The Hall–Kier alpha value is -7.85. The van der Waals surface area contributed by atoms with Crippen molar-refractivity contribution in [2.45, 2.75) is 19.6 Å². The van der Waals surface area contributed by atoms with Crippen LogP contribution in [0.25, 0.3) is 33.4 Å². The summed E-state index contributed by atoms with van der Waals surface area (Å²) >= 11 is 0. The summed E-state index contributed by atoms with van der Waals surface area (Å²) in [7, 11) is -1.88. The van der Waals surface area contributed by atoms with E-state index in [-0.39, 0.29) is 0 Å². The lowest BCUT2D eigenvalue weighted by Gasteiger charge is -2.50. The Morgan fingerprint density at radius 2 is 0.619 bits per heavy atom. The van der Waals surface area contributed by atoms with Crippen molar-refractivity contribution in [3.05, 3.63) is 267 Å². The van der Waals surface area contributed by atoms with E-state index in [2.05, 4.69) is 277 Å². The highest BCUT2D eigenvalue weighted by Crippen LogP contribution is 2.79. The van der Waals surface area contributed by atoms with E-state index in [9.17, 15) is 0 Å². The van der Waals surface area contributed by atoms with Gasteiger partial charge in [-0.15, -0.1) is 10.0 Å². The molecule has 1 heterocycles. The number of anilines is 6. The molecule has 10 aromatic carbocycles. The Bertz CT molecular complexity index is 3000. The fraction of sp³-hybridized carbons (Fsp3) is 0. The van der Waals surface area contributed by atoms with Gasteiger partial charge in [-0.3, -0.25) is 0 Å². The second-order valence-electron chi connectivity index (χ2n) is 15.8. The molecule has 0 saturated carbocycles. The number of nitrogens with zero attached hydrogens (tertiary/aromatic N) is 2. The van der Waals surface area contributed by atoms with Gasteiger partial charge in [0.25, 0.3) is 0 Å². The molecule has 2 nitrogen and oxygen atoms in total. The van der Waals surface area contributed by atoms with Gasteiger partial charge in [-0.25, -0.2) is 0 Å². The highest BCUT2D eigenvalue weighted by atomic mass is 32.3. The second-order valence-corrected chi connectivity index (χ2v) is 18.8. The van der Waals surface area contributed by atoms with Crippen molar-refractivity contribution in [1.29, 1.82) is 0 Å². The van der Waals surface area contributed by atoms with Crippen molar-refractivity contribution in [1.82, 2.24) is 0 Å². The van der Waals surface area contributed by atoms with Gasteiger partial charge in [-0.1, -0.05) is 170 Å². The molecule has 3 heteroatoms. The van der Waals surface area contributed by atoms with Gasteiger partial charge in [0.05, 0.1) is 11.4 Å². The molecule has 0 aliphatic carbocycles. The molecular weight excluding hydrogens is 781 g/mol. The van der Waals surface area contributed by atoms with Gasteiger partial charge in [0.1, 0.15) is 0 Å². The molecule has 0 fully saturated rings. The van der Waals surface area contributed by atoms with Gasteiger partial charge >= 0.3 is 0 Å². The lowest BCUT2D eigenvalue weighted by Crippen LogP contribution is -2.21. The smallest absolute Gasteiger partial charge is 0.0598 e. The molecule has 0 spiro atoms. The third-order valence-electron chi connectivity index (χ3n) is 12.1. The average Bonchev–Trinajstić information content (AvgIpc) is 3.37. The van der Waals surface area contributed by atoms with E-state index >= 15 is 0 Å². The van der Waals surface area contributed by atoms with E-state index in [1.165, 1.54) is 58.8 Å². The summed E-state index contributed by atoms with van der Waals surface area (Å²) in [6.45, 7) is 0. The summed E-state index contributed by atoms with van der Waals surface area (Å²) in [5.41, 5.74) is 14.0. The largest absolute Gasteiger partial charge is 0.311 e. The van der Waals surface area contributed by atoms with Gasteiger partial charge in [-0.2, -0.15) is 0 Å². The van der Waals surface area contributed by atoms with Crippen LogP contribution in [0.4, 0.5) is 34.1 Å². The van der Waals surface area contributed by atoms with Crippen LogP contribution in [0.5, 0.6) is 0 Å². The summed E-state index contributed by atoms with van der Waals surface area (Å²) in [5, 5.41) is 0. The third-order valence-corrected chi connectivity index (χ3v) is 16.1. The average molecular weight is 825 g/mol. The molecule has 0 aromatic heterocycles. The monoisotopic (exact) mass is 824 g/mol. The molecule has 0 saturated heterocycles. The molecule has 10 aromatic rings. The Morgan fingerprint density at radius 1 is 0.270 bits per heavy atom. The molecule has 300 valence electrons. The lowest BCUT2D eigenvalue weighted by molar-refractivity contribution is 1.12. The Morgan fingerprint density at radius 3 is 1.10 bits per heavy atom. The van der Waals surface area contributed by atoms with Crippen LogP contribution >= 0.6 is 10.0 Å². The van der Waals surface area contributed by atoms with Crippen LogP contribution in [0.2, 0.25) is 0 Å². The van der Waals surface area contributed by atoms with Crippen LogP contribution in [0.15, 0.2) is 287 Å². The quantitative estimate of drug-likeness (QED) is 0.143. The zero-order valence-electron chi connectivity index (χ0n) is 34.7. The third kappa shape index (κ3) is 6.89. The number of hydrogen-bond donors (Lipinski definition) is 0. The van der Waals surface area contributed by atoms with E-state index < -0.39 is 10.0 Å². The maximum atomic E-state index is 2.47. The van der Waals surface area contributed by atoms with Gasteiger partial charge in [0.15, 0.2) is 0 Å². The lowest BCUT2D eigenvalue weighted by atomic mass is 10.0. The first-order valence-corrected chi connectivity index (χ1v) is 23.1. The Labute approximate surface area is 372 Å². The van der Waals surface area contributed by atoms with Crippen LogP contribution < -0.4 is 9.80 Å². The van der Waals surface area contributed by atoms with Gasteiger partial charge in [0.2, 0.25) is 0 Å². The topological polar surface area (TPSA) is 6.48 Å². The normalized spacial score (nSPS) is 13.0. The molecule has 0 N–H and O–H groups in total. The first kappa shape index (κ1) is 38.1. The molecular formula is C60H44N2S. The fourth-order valence-corrected chi connectivity index (χ4v) is 13.3. The van der Waals surface area contributed by atoms with Crippen molar-refractivity contribution in [2.75, 3.05) is 9.80 Å². The van der Waals surface area contributed by atoms with E-state index in [1.807, 2.05) is 0 Å². The zero-order valence-corrected chi connectivity index (χ0v) is 35.5. The van der Waals surface area contributed by atoms with Gasteiger partial charge in [0, 0.05) is 42.3 Å². The summed E-state index contributed by atoms with van der Waals surface area (Å²) in [5.74, 6) is 0. The second kappa shape index (κ2) is 16.5. The standard InChI is InChI=1S/C60H44N2S/c1-6-18-45(19-7-1)47-30-37-52(38-31-47)61(53-39-32-48(33-40-53)46-20-8-2-9-21-46)54-41-34-49(35-42-54)50-36-43-60-58(44-50)62(51-22-10-3-11-23-51)57-28-16-17-29-59(57)63(60,55-24-12-4-13-25-55)56-26-14-5-15-27-56/h1-44H. The first-order valence-electron chi connectivity index (χ1n) is 21.5. The van der Waals surface area contributed by atoms with E-state index in [4.69, 9.17) is 0 Å². The van der Waals surface area contributed by atoms with E-state index in [1.54, 1.807) is 0 Å². The minimum atomic E-state index is -1.88. The summed E-state index contributed by atoms with van der Waals surface area (Å²) in [6.07, 6.45) is 0. The number of rotatable bonds is 9. The molecule has 63 heavy (non-hydrogen) atoms. The first-order chi connectivity index (χ1) is 31.3. The molecule has 11 rings (SSSR count). The van der Waals surface area contributed by atoms with E-state index in [0.717, 1.165) is 28.3 Å². The summed E-state index contributed by atoms with van der Waals surface area (Å²) < 4.78 is 0. The van der Waals surface area contributed by atoms with Crippen molar-refractivity contribution in [2.24, 2.45) is 0 Å². The SMILES string of the molecule is c1ccc(-c2ccc(N(c3ccc(-c4ccccc4)cc3)c3ccc(-c4ccc5c(c4)N(c4ccccc4)c4ccccc4S5(c4ccccc4)c4ccccc4)cc3)cc2)cc1. The molecule has 0 unspecified atom stereocenters. The van der Waals surface area contributed by atoms with Crippen LogP contribution in [0.3, 0.4) is 0 Å². The minimum Gasteiger partial charge on any atom is -0.311 e. The number of benzene rings is 10. The molecule has 0 atom stereocenters. The summed E-state index contributed by atoms with van der Waals surface area (Å²) in [4.78, 5) is 10.1. The number of para-hydroxylation sites is 2. The van der Waals surface area contributed by atoms with Crippen LogP contribution in [0, 0.1) is 0 Å². The van der Waals surface area contributed by atoms with Gasteiger partial charge in [-0.05, 0) is 130 Å². The molecule has 1 aliphatic heterocycles. The molecule has 0 bridgehead atoms. The Kier molecular flexibility index (Phi) is 10.0. The molecule has 0 amide bonds. The number of fused-ring (bicyclic) bond motifs is 2. The van der Waals surface area contributed by atoms with E-state index in [0.29, 0.717) is 0 Å². The molecule has 0 radical (unpaired) electrons. The maximum Gasteiger partial charge on any atom is 0.0598 e. The predicted molar refractivity (Wildman–Crippen MR) is 266 cm³/mol. The van der Waals surface area contributed by atoms with Crippen LogP contribution in [-0.4, -0.2) is 0 Å². The van der Waals surface area contributed by atoms with Crippen molar-refractivity contribution < 1.29 is 0 Å². The maximum absolute atomic E-state index is 2.47. The Balaban J connectivity index is 1.04. The van der Waals surface area contributed by atoms with Crippen molar-refractivity contribution >= 4 is 44.2 Å². The molecule has 1 aliphatic rings. The minimum absolute atomic E-state index is 1.09. The highest BCUT2D eigenvalue weighted by molar-refractivity contribution is 8.34. The summed E-state index contributed by atoms with van der Waals surface area (Å²) in [6, 6.07) is 97.4. The van der Waals surface area contributed by atoms with Gasteiger partial charge < -0.3 is 9.80 Å². The van der Waals surface area contributed by atoms with Crippen LogP contribution in [0.1, 0.15) is 0 Å².